The van der Waals surface area contributed by atoms with Crippen molar-refractivity contribution >= 4 is 35.0 Å². The van der Waals surface area contributed by atoms with Crippen LogP contribution in [-0.4, -0.2) is 28.5 Å². The van der Waals surface area contributed by atoms with Crippen molar-refractivity contribution in [3.8, 4) is 0 Å². The Morgan fingerprint density at radius 3 is 2.67 bits per heavy atom. The number of nitrogens with one attached hydrogen (secondary N) is 1. The quantitative estimate of drug-likeness (QED) is 0.734. The highest BCUT2D eigenvalue weighted by Crippen LogP contribution is 2.27. The molecule has 0 radical (unpaired) electrons. The van der Waals surface area contributed by atoms with Crippen molar-refractivity contribution in [1.29, 1.82) is 0 Å². The molecule has 0 unspecified atom stereocenters. The summed E-state index contributed by atoms with van der Waals surface area (Å²) in [7, 11) is 0. The van der Waals surface area contributed by atoms with Crippen molar-refractivity contribution in [3.05, 3.63) is 45.9 Å². The fraction of sp³-hybridized carbons (Fsp3) is 0.353. The number of benzene rings is 1. The summed E-state index contributed by atoms with van der Waals surface area (Å²) in [6.45, 7) is 5.21. The Bertz CT molecular complexity index is 741. The highest BCUT2D eigenvalue weighted by atomic mass is 32.2. The number of hydrogen-bond donors (Lipinski definition) is 2. The highest BCUT2D eigenvalue weighted by molar-refractivity contribution is 7.98. The lowest BCUT2D eigenvalue weighted by atomic mass is 9.94. The van der Waals surface area contributed by atoms with Crippen molar-refractivity contribution in [2.75, 3.05) is 6.54 Å². The van der Waals surface area contributed by atoms with Crippen LogP contribution in [0.2, 0.25) is 0 Å². The predicted molar refractivity (Wildman–Crippen MR) is 96.6 cm³/mol. The van der Waals surface area contributed by atoms with Crippen molar-refractivity contribution in [2.24, 2.45) is 5.41 Å². The van der Waals surface area contributed by atoms with Crippen molar-refractivity contribution < 1.29 is 14.7 Å². The first-order valence-electron chi connectivity index (χ1n) is 7.44. The minimum absolute atomic E-state index is 0.0748. The summed E-state index contributed by atoms with van der Waals surface area (Å²) in [5.41, 5.74) is 0.538. The first kappa shape index (κ1) is 18.5. The second kappa shape index (κ2) is 7.81. The topological polar surface area (TPSA) is 79.3 Å². The lowest BCUT2D eigenvalue weighted by Crippen LogP contribution is -2.39. The molecule has 0 fully saturated rings. The average Bonchev–Trinajstić information content (AvgIpc) is 2.96. The van der Waals surface area contributed by atoms with Crippen LogP contribution in [0.1, 0.15) is 34.9 Å². The minimum Gasteiger partial charge on any atom is -0.481 e. The summed E-state index contributed by atoms with van der Waals surface area (Å²) in [5, 5.41) is 14.9. The molecule has 0 saturated heterocycles. The van der Waals surface area contributed by atoms with Gasteiger partial charge in [0.2, 0.25) is 0 Å². The van der Waals surface area contributed by atoms with E-state index in [2.05, 4.69) is 10.3 Å². The van der Waals surface area contributed by atoms with Gasteiger partial charge in [0.15, 0.2) is 0 Å². The molecule has 7 heteroatoms. The number of carboxylic acids is 1. The second-order valence-corrected chi connectivity index (χ2v) is 8.09. The van der Waals surface area contributed by atoms with E-state index in [0.717, 1.165) is 15.6 Å². The maximum atomic E-state index is 12.4. The Balaban J connectivity index is 2.04. The summed E-state index contributed by atoms with van der Waals surface area (Å²) >= 11 is 3.15. The Kier molecular flexibility index (Phi) is 6.01. The molecule has 1 aromatic carbocycles. The van der Waals surface area contributed by atoms with Crippen LogP contribution in [0, 0.1) is 12.3 Å². The van der Waals surface area contributed by atoms with Gasteiger partial charge in [0.05, 0.1) is 21.7 Å². The molecule has 0 atom stereocenters. The number of hydrogen-bond acceptors (Lipinski definition) is 5. The van der Waals surface area contributed by atoms with Gasteiger partial charge in [-0.05, 0) is 32.9 Å². The zero-order chi connectivity index (χ0) is 17.7. The van der Waals surface area contributed by atoms with Crippen LogP contribution in [0.5, 0.6) is 0 Å². The van der Waals surface area contributed by atoms with Gasteiger partial charge < -0.3 is 10.4 Å². The average molecular weight is 364 g/mol. The molecule has 2 aromatic rings. The first-order valence-corrected chi connectivity index (χ1v) is 9.30. The number of aliphatic carboxylic acids is 1. The van der Waals surface area contributed by atoms with E-state index in [-0.39, 0.29) is 12.5 Å². The second-order valence-electron chi connectivity index (χ2n) is 6.01. The van der Waals surface area contributed by atoms with Crippen molar-refractivity contribution in [2.45, 2.75) is 31.4 Å². The third kappa shape index (κ3) is 4.82. The third-order valence-corrected chi connectivity index (χ3v) is 5.37. The number of thiazole rings is 1. The molecular weight excluding hydrogens is 344 g/mol. The van der Waals surface area contributed by atoms with Gasteiger partial charge in [0, 0.05) is 22.6 Å². The Labute approximate surface area is 149 Å². The summed E-state index contributed by atoms with van der Waals surface area (Å²) < 4.78 is 0. The van der Waals surface area contributed by atoms with E-state index in [1.807, 2.05) is 24.4 Å². The van der Waals surface area contributed by atoms with Crippen LogP contribution in [0.25, 0.3) is 0 Å². The molecule has 0 aliphatic heterocycles. The molecule has 1 heterocycles. The predicted octanol–water partition coefficient (Wildman–Crippen LogP) is 3.58. The Hall–Kier alpha value is -1.86. The van der Waals surface area contributed by atoms with Gasteiger partial charge in [0.25, 0.3) is 5.91 Å². The first-order chi connectivity index (χ1) is 11.3. The number of aromatic nitrogens is 1. The molecule has 5 nitrogen and oxygen atoms in total. The summed E-state index contributed by atoms with van der Waals surface area (Å²) in [4.78, 5) is 28.8. The fourth-order valence-corrected chi connectivity index (χ4v) is 3.54. The molecule has 2 N–H and O–H groups in total. The normalized spacial score (nSPS) is 11.3. The van der Waals surface area contributed by atoms with E-state index >= 15 is 0 Å². The van der Waals surface area contributed by atoms with E-state index in [4.69, 9.17) is 5.11 Å². The molecule has 0 spiro atoms. The molecule has 24 heavy (non-hydrogen) atoms. The van der Waals surface area contributed by atoms with Crippen LogP contribution in [0.15, 0.2) is 34.5 Å². The Morgan fingerprint density at radius 1 is 1.33 bits per heavy atom. The molecule has 0 bridgehead atoms. The lowest BCUT2D eigenvalue weighted by Gasteiger charge is -2.20. The summed E-state index contributed by atoms with van der Waals surface area (Å²) in [6, 6.07) is 7.32. The minimum atomic E-state index is -1.00. The molecule has 1 aromatic heterocycles. The number of carboxylic acid groups (broad SMARTS) is 1. The molecule has 0 aliphatic carbocycles. The number of aryl methyl sites for hydroxylation is 1. The molecular formula is C17H20N2O3S2. The van der Waals surface area contributed by atoms with Crippen LogP contribution >= 0.6 is 23.1 Å². The van der Waals surface area contributed by atoms with Gasteiger partial charge in [-0.3, -0.25) is 9.59 Å². The van der Waals surface area contributed by atoms with Crippen molar-refractivity contribution in [3.63, 3.8) is 0 Å². The number of rotatable bonds is 7. The molecule has 0 saturated carbocycles. The van der Waals surface area contributed by atoms with E-state index in [9.17, 15) is 9.59 Å². The van der Waals surface area contributed by atoms with Gasteiger partial charge in [-0.15, -0.1) is 23.1 Å². The monoisotopic (exact) mass is 364 g/mol. The van der Waals surface area contributed by atoms with Crippen LogP contribution in [0.3, 0.4) is 0 Å². The molecule has 0 aliphatic rings. The van der Waals surface area contributed by atoms with E-state index in [0.29, 0.717) is 11.3 Å². The van der Waals surface area contributed by atoms with E-state index in [1.165, 1.54) is 0 Å². The molecule has 128 valence electrons. The van der Waals surface area contributed by atoms with Crippen LogP contribution < -0.4 is 5.32 Å². The van der Waals surface area contributed by atoms with E-state index in [1.54, 1.807) is 49.1 Å². The van der Waals surface area contributed by atoms with Gasteiger partial charge in [-0.1, -0.05) is 12.1 Å². The maximum absolute atomic E-state index is 12.4. The standard InChI is InChI=1S/C17H20N2O3S2/c1-11-19-12(8-23-11)9-24-14-7-5-4-6-13(14)15(20)18-10-17(2,3)16(21)22/h4-8H,9-10H2,1-3H3,(H,18,20)(H,21,22). The number of amides is 1. The number of nitrogens with zero attached hydrogens (tertiary/aromatic N) is 1. The van der Waals surface area contributed by atoms with Crippen LogP contribution in [-0.2, 0) is 10.5 Å². The number of thioether (sulfide) groups is 1. The molecule has 1 amide bonds. The van der Waals surface area contributed by atoms with Gasteiger partial charge >= 0.3 is 5.97 Å². The highest BCUT2D eigenvalue weighted by Gasteiger charge is 2.28. The van der Waals surface area contributed by atoms with Gasteiger partial charge in [-0.25, -0.2) is 4.98 Å². The van der Waals surface area contributed by atoms with Crippen molar-refractivity contribution in [1.82, 2.24) is 10.3 Å². The van der Waals surface area contributed by atoms with E-state index < -0.39 is 11.4 Å². The molecule has 2 rings (SSSR count). The van der Waals surface area contributed by atoms with Gasteiger partial charge in [-0.2, -0.15) is 0 Å². The maximum Gasteiger partial charge on any atom is 0.310 e. The third-order valence-electron chi connectivity index (χ3n) is 3.44. The zero-order valence-corrected chi connectivity index (χ0v) is 15.5. The largest absolute Gasteiger partial charge is 0.481 e. The fourth-order valence-electron chi connectivity index (χ4n) is 1.88. The SMILES string of the molecule is Cc1nc(CSc2ccccc2C(=O)NCC(C)(C)C(=O)O)cs1. The Morgan fingerprint density at radius 2 is 2.04 bits per heavy atom. The zero-order valence-electron chi connectivity index (χ0n) is 13.8. The number of carbonyl (C=O) groups is 2. The number of carbonyl (C=O) groups excluding carboxylic acids is 1. The summed E-state index contributed by atoms with van der Waals surface area (Å²) in [5.74, 6) is -0.513. The lowest BCUT2D eigenvalue weighted by molar-refractivity contribution is -0.146. The summed E-state index contributed by atoms with van der Waals surface area (Å²) in [6.07, 6.45) is 0. The smallest absolute Gasteiger partial charge is 0.310 e. The van der Waals surface area contributed by atoms with Gasteiger partial charge in [0.1, 0.15) is 0 Å². The van der Waals surface area contributed by atoms with Crippen LogP contribution in [0.4, 0.5) is 0 Å².